The van der Waals surface area contributed by atoms with E-state index in [1.807, 2.05) is 0 Å². The third-order valence-corrected chi connectivity index (χ3v) is 4.25. The van der Waals surface area contributed by atoms with Crippen molar-refractivity contribution in [1.82, 2.24) is 5.32 Å². The zero-order chi connectivity index (χ0) is 11.9. The fourth-order valence-electron chi connectivity index (χ4n) is 3.09. The summed E-state index contributed by atoms with van der Waals surface area (Å²) in [5.41, 5.74) is 3.38. The second-order valence-electron chi connectivity index (χ2n) is 5.59. The first-order valence-corrected chi connectivity index (χ1v) is 5.83. The molecule has 5 heteroatoms. The molecule has 16 heavy (non-hydrogen) atoms. The van der Waals surface area contributed by atoms with E-state index in [-0.39, 0.29) is 12.8 Å². The van der Waals surface area contributed by atoms with Crippen LogP contribution in [0.15, 0.2) is 0 Å². The van der Waals surface area contributed by atoms with Crippen molar-refractivity contribution < 1.29 is 13.9 Å². The van der Waals surface area contributed by atoms with Crippen molar-refractivity contribution in [1.29, 1.82) is 0 Å². The van der Waals surface area contributed by atoms with Crippen LogP contribution in [-0.4, -0.2) is 42.7 Å². The molecule has 1 saturated carbocycles. The summed E-state index contributed by atoms with van der Waals surface area (Å²) in [4.78, 5) is 0. The van der Waals surface area contributed by atoms with E-state index in [4.69, 9.17) is 5.73 Å². The minimum atomic E-state index is -1.10. The second kappa shape index (κ2) is 3.89. The summed E-state index contributed by atoms with van der Waals surface area (Å²) >= 11 is 0. The van der Waals surface area contributed by atoms with Gasteiger partial charge in [-0.25, -0.2) is 0 Å². The Morgan fingerprint density at radius 3 is 2.31 bits per heavy atom. The molecule has 1 heterocycles. The molecular formula is C11H20F2N2O. The van der Waals surface area contributed by atoms with E-state index >= 15 is 0 Å². The maximum Gasteiger partial charge on any atom is 0.0977 e. The van der Waals surface area contributed by atoms with Gasteiger partial charge in [-0.15, -0.1) is 0 Å². The Labute approximate surface area is 94.4 Å². The number of hydrogen-bond acceptors (Lipinski definition) is 3. The molecule has 0 aromatic carbocycles. The molecule has 2 aliphatic rings. The molecule has 94 valence electrons. The number of nitrogens with one attached hydrogen (secondary N) is 1. The van der Waals surface area contributed by atoms with Gasteiger partial charge in [0.15, 0.2) is 0 Å². The van der Waals surface area contributed by atoms with Crippen molar-refractivity contribution in [2.24, 2.45) is 11.1 Å². The van der Waals surface area contributed by atoms with Crippen LogP contribution in [0.5, 0.6) is 0 Å². The molecule has 1 aliphatic heterocycles. The highest BCUT2D eigenvalue weighted by Gasteiger charge is 2.62. The minimum Gasteiger partial charge on any atom is -0.388 e. The highest BCUT2D eigenvalue weighted by Crippen LogP contribution is 2.54. The first kappa shape index (κ1) is 12.2. The highest BCUT2D eigenvalue weighted by atomic mass is 19.1. The van der Waals surface area contributed by atoms with Crippen LogP contribution in [0.4, 0.5) is 8.78 Å². The van der Waals surface area contributed by atoms with Gasteiger partial charge in [-0.1, -0.05) is 0 Å². The van der Waals surface area contributed by atoms with Crippen LogP contribution in [0.1, 0.15) is 25.7 Å². The predicted octanol–water partition coefficient (Wildman–Crippen LogP) is 0.518. The Morgan fingerprint density at radius 2 is 1.88 bits per heavy atom. The number of alkyl halides is 2. The summed E-state index contributed by atoms with van der Waals surface area (Å²) in [5.74, 6) is 0. The van der Waals surface area contributed by atoms with E-state index in [9.17, 15) is 13.9 Å². The van der Waals surface area contributed by atoms with Crippen LogP contribution in [0.25, 0.3) is 0 Å². The minimum absolute atomic E-state index is 0.144. The predicted molar refractivity (Wildman–Crippen MR) is 57.6 cm³/mol. The molecule has 1 atom stereocenters. The van der Waals surface area contributed by atoms with Crippen molar-refractivity contribution in [2.75, 3.05) is 26.4 Å². The van der Waals surface area contributed by atoms with Gasteiger partial charge in [0, 0.05) is 12.0 Å². The summed E-state index contributed by atoms with van der Waals surface area (Å²) in [6.45, 7) is -0.00478. The van der Waals surface area contributed by atoms with E-state index in [0.29, 0.717) is 13.0 Å². The van der Waals surface area contributed by atoms with Crippen molar-refractivity contribution in [3.05, 3.63) is 0 Å². The Kier molecular flexibility index (Phi) is 2.97. The number of piperidine rings is 1. The molecule has 2 fully saturated rings. The van der Waals surface area contributed by atoms with Crippen LogP contribution >= 0.6 is 0 Å². The van der Waals surface area contributed by atoms with Gasteiger partial charge in [-0.05, 0) is 32.2 Å². The summed E-state index contributed by atoms with van der Waals surface area (Å²) < 4.78 is 25.4. The lowest BCUT2D eigenvalue weighted by Gasteiger charge is -2.59. The number of nitrogens with two attached hydrogens (primary N) is 1. The van der Waals surface area contributed by atoms with E-state index in [1.165, 1.54) is 0 Å². The SMILES string of the molecule is NC1(C2(O)CC(CF)(CF)C2)CCCNC1. The largest absolute Gasteiger partial charge is 0.388 e. The maximum atomic E-state index is 12.7. The van der Waals surface area contributed by atoms with Gasteiger partial charge < -0.3 is 16.2 Å². The average Bonchev–Trinajstić information content (AvgIpc) is 2.25. The molecule has 0 radical (unpaired) electrons. The zero-order valence-corrected chi connectivity index (χ0v) is 9.44. The Bertz CT molecular complexity index is 255. The van der Waals surface area contributed by atoms with Crippen LogP contribution in [0, 0.1) is 5.41 Å². The Balaban J connectivity index is 2.05. The normalized spacial score (nSPS) is 36.8. The molecule has 4 N–H and O–H groups in total. The molecule has 1 unspecified atom stereocenters. The molecule has 1 saturated heterocycles. The monoisotopic (exact) mass is 234 g/mol. The maximum absolute atomic E-state index is 12.7. The first-order valence-electron chi connectivity index (χ1n) is 5.83. The van der Waals surface area contributed by atoms with E-state index < -0.39 is 29.9 Å². The summed E-state index contributed by atoms with van der Waals surface area (Å²) in [7, 11) is 0. The van der Waals surface area contributed by atoms with Crippen molar-refractivity contribution in [3.63, 3.8) is 0 Å². The summed E-state index contributed by atoms with van der Waals surface area (Å²) in [5, 5.41) is 13.5. The average molecular weight is 234 g/mol. The molecule has 0 spiro atoms. The van der Waals surface area contributed by atoms with Gasteiger partial charge in [0.25, 0.3) is 0 Å². The van der Waals surface area contributed by atoms with Gasteiger partial charge >= 0.3 is 0 Å². The molecule has 0 aromatic heterocycles. The number of aliphatic hydroxyl groups is 1. The molecule has 0 bridgehead atoms. The summed E-state index contributed by atoms with van der Waals surface area (Å²) in [6, 6.07) is 0. The Hall–Kier alpha value is -0.260. The van der Waals surface area contributed by atoms with Gasteiger partial charge in [0.05, 0.1) is 24.5 Å². The standard InChI is InChI=1S/C11H20F2N2O/c12-6-9(7-13)4-11(16,5-9)10(14)2-1-3-15-8-10/h15-16H,1-8,14H2. The van der Waals surface area contributed by atoms with E-state index in [2.05, 4.69) is 5.32 Å². The fourth-order valence-corrected chi connectivity index (χ4v) is 3.09. The lowest BCUT2D eigenvalue weighted by atomic mass is 9.52. The first-order chi connectivity index (χ1) is 7.49. The molecule has 1 aliphatic carbocycles. The van der Waals surface area contributed by atoms with Crippen LogP contribution in [-0.2, 0) is 0 Å². The third-order valence-electron chi connectivity index (χ3n) is 4.25. The van der Waals surface area contributed by atoms with Crippen molar-refractivity contribution in [2.45, 2.75) is 36.8 Å². The lowest BCUT2D eigenvalue weighted by molar-refractivity contribution is -0.187. The molecule has 3 nitrogen and oxygen atoms in total. The molecule has 0 aromatic rings. The molecular weight excluding hydrogens is 214 g/mol. The number of hydrogen-bond donors (Lipinski definition) is 3. The smallest absolute Gasteiger partial charge is 0.0977 e. The lowest BCUT2D eigenvalue weighted by Crippen LogP contribution is -2.74. The summed E-state index contributed by atoms with van der Waals surface area (Å²) in [6.07, 6.45) is 1.90. The van der Waals surface area contributed by atoms with Gasteiger partial charge in [0.1, 0.15) is 0 Å². The fraction of sp³-hybridized carbons (Fsp3) is 1.00. The highest BCUT2D eigenvalue weighted by molar-refractivity contribution is 5.17. The van der Waals surface area contributed by atoms with E-state index in [0.717, 1.165) is 13.0 Å². The van der Waals surface area contributed by atoms with Crippen LogP contribution < -0.4 is 11.1 Å². The van der Waals surface area contributed by atoms with Gasteiger partial charge in [0.2, 0.25) is 0 Å². The van der Waals surface area contributed by atoms with E-state index in [1.54, 1.807) is 0 Å². The zero-order valence-electron chi connectivity index (χ0n) is 9.44. The van der Waals surface area contributed by atoms with Crippen molar-refractivity contribution in [3.8, 4) is 0 Å². The molecule has 2 rings (SSSR count). The van der Waals surface area contributed by atoms with Crippen molar-refractivity contribution >= 4 is 0 Å². The number of rotatable bonds is 3. The third kappa shape index (κ3) is 1.65. The van der Waals surface area contributed by atoms with Gasteiger partial charge in [-0.3, -0.25) is 8.78 Å². The number of halogens is 2. The van der Waals surface area contributed by atoms with Crippen LogP contribution in [0.3, 0.4) is 0 Å². The Morgan fingerprint density at radius 1 is 1.25 bits per heavy atom. The topological polar surface area (TPSA) is 58.3 Å². The van der Waals surface area contributed by atoms with Crippen LogP contribution in [0.2, 0.25) is 0 Å². The van der Waals surface area contributed by atoms with Gasteiger partial charge in [-0.2, -0.15) is 0 Å². The quantitative estimate of drug-likeness (QED) is 0.667. The molecule has 0 amide bonds. The second-order valence-corrected chi connectivity index (χ2v) is 5.59.